The maximum Gasteiger partial charge on any atom is 0.138 e. The number of imidazole rings is 1. The summed E-state index contributed by atoms with van der Waals surface area (Å²) in [7, 11) is 0. The van der Waals surface area contributed by atoms with Gasteiger partial charge in [0, 0.05) is 37.1 Å². The molecule has 1 aliphatic carbocycles. The molecule has 6 nitrogen and oxygen atoms in total. The van der Waals surface area contributed by atoms with Gasteiger partial charge in [-0.3, -0.25) is 4.90 Å². The first-order valence-electron chi connectivity index (χ1n) is 10.1. The number of hydrogen-bond donors (Lipinski definition) is 1. The van der Waals surface area contributed by atoms with Crippen LogP contribution in [0.4, 0.5) is 0 Å². The van der Waals surface area contributed by atoms with Gasteiger partial charge in [-0.25, -0.2) is 4.98 Å². The highest BCUT2D eigenvalue weighted by molar-refractivity contribution is 5.23. The molecular weight excluding hydrogens is 326 g/mol. The van der Waals surface area contributed by atoms with E-state index in [1.54, 1.807) is 0 Å². The number of nitrogens with zero attached hydrogens (tertiary/aromatic N) is 4. The van der Waals surface area contributed by atoms with Crippen molar-refractivity contribution < 1.29 is 4.52 Å². The van der Waals surface area contributed by atoms with Crippen LogP contribution < -0.4 is 5.32 Å². The van der Waals surface area contributed by atoms with Crippen LogP contribution in [0.2, 0.25) is 0 Å². The molecule has 1 saturated carbocycles. The molecule has 0 aromatic carbocycles. The van der Waals surface area contributed by atoms with Crippen LogP contribution >= 0.6 is 0 Å². The smallest absolute Gasteiger partial charge is 0.138 e. The fraction of sp³-hybridized carbons (Fsp3) is 0.700. The molecule has 0 bridgehead atoms. The van der Waals surface area contributed by atoms with Gasteiger partial charge in [0.15, 0.2) is 0 Å². The van der Waals surface area contributed by atoms with Gasteiger partial charge < -0.3 is 14.4 Å². The van der Waals surface area contributed by atoms with E-state index in [-0.39, 0.29) is 0 Å². The van der Waals surface area contributed by atoms with Gasteiger partial charge in [-0.15, -0.1) is 0 Å². The maximum absolute atomic E-state index is 5.50. The fourth-order valence-corrected chi connectivity index (χ4v) is 4.66. The molecule has 6 heteroatoms. The summed E-state index contributed by atoms with van der Waals surface area (Å²) in [4.78, 5) is 7.27. The molecule has 1 spiro atoms. The summed E-state index contributed by atoms with van der Waals surface area (Å²) in [6, 6.07) is 0.644. The second-order valence-corrected chi connectivity index (χ2v) is 7.88. The van der Waals surface area contributed by atoms with Gasteiger partial charge >= 0.3 is 0 Å². The monoisotopic (exact) mass is 357 g/mol. The average Bonchev–Trinajstić information content (AvgIpc) is 3.00. The Morgan fingerprint density at radius 2 is 2.12 bits per heavy atom. The summed E-state index contributed by atoms with van der Waals surface area (Å²) < 4.78 is 7.75. The van der Waals surface area contributed by atoms with E-state index in [0.29, 0.717) is 11.5 Å². The Morgan fingerprint density at radius 1 is 1.31 bits per heavy atom. The molecule has 2 aromatic rings. The molecule has 0 unspecified atom stereocenters. The SMILES string of the molecule is CCc1noc(C)c1CN(Cc1nccn1CC)[C@@H]1CC12CCNCC2. The largest absolute Gasteiger partial charge is 0.361 e. The normalized spacial score (nSPS) is 21.6. The van der Waals surface area contributed by atoms with Crippen molar-refractivity contribution in [1.29, 1.82) is 0 Å². The Morgan fingerprint density at radius 3 is 2.85 bits per heavy atom. The predicted molar refractivity (Wildman–Crippen MR) is 101 cm³/mol. The van der Waals surface area contributed by atoms with E-state index in [4.69, 9.17) is 4.52 Å². The molecule has 0 radical (unpaired) electrons. The van der Waals surface area contributed by atoms with Crippen LogP contribution in [0.25, 0.3) is 0 Å². The Balaban J connectivity index is 1.58. The molecule has 1 N–H and O–H groups in total. The van der Waals surface area contributed by atoms with Crippen LogP contribution in [-0.4, -0.2) is 38.7 Å². The minimum Gasteiger partial charge on any atom is -0.361 e. The lowest BCUT2D eigenvalue weighted by Gasteiger charge is -2.29. The van der Waals surface area contributed by atoms with Crippen LogP contribution in [0.3, 0.4) is 0 Å². The molecule has 1 aliphatic heterocycles. The van der Waals surface area contributed by atoms with Crippen LogP contribution in [-0.2, 0) is 26.1 Å². The lowest BCUT2D eigenvalue weighted by molar-refractivity contribution is 0.181. The lowest BCUT2D eigenvalue weighted by Crippen LogP contribution is -2.36. The molecule has 1 atom stereocenters. The zero-order valence-corrected chi connectivity index (χ0v) is 16.3. The Bertz CT molecular complexity index is 743. The van der Waals surface area contributed by atoms with Crippen molar-refractivity contribution in [2.24, 2.45) is 5.41 Å². The van der Waals surface area contributed by atoms with Gasteiger partial charge in [0.1, 0.15) is 11.6 Å². The number of piperidine rings is 1. The van der Waals surface area contributed by atoms with Crippen LogP contribution in [0.15, 0.2) is 16.9 Å². The van der Waals surface area contributed by atoms with Gasteiger partial charge in [0.05, 0.1) is 12.2 Å². The number of hydrogen-bond acceptors (Lipinski definition) is 5. The van der Waals surface area contributed by atoms with E-state index >= 15 is 0 Å². The van der Waals surface area contributed by atoms with E-state index in [1.165, 1.54) is 24.8 Å². The van der Waals surface area contributed by atoms with Crippen LogP contribution in [0, 0.1) is 12.3 Å². The number of aromatic nitrogens is 3. The third-order valence-corrected chi connectivity index (χ3v) is 6.44. The Hall–Kier alpha value is -1.66. The molecular formula is C20H31N5O. The second kappa shape index (κ2) is 7.16. The van der Waals surface area contributed by atoms with Crippen LogP contribution in [0.5, 0.6) is 0 Å². The third-order valence-electron chi connectivity index (χ3n) is 6.44. The van der Waals surface area contributed by atoms with Crippen molar-refractivity contribution in [3.63, 3.8) is 0 Å². The van der Waals surface area contributed by atoms with E-state index in [1.807, 2.05) is 13.1 Å². The standard InChI is InChI=1S/C20H31N5O/c1-4-17-16(15(3)26-23-17)13-25(14-19-22-10-11-24(19)5-2)18-12-20(18)6-8-21-9-7-20/h10-11,18,21H,4-9,12-14H2,1-3H3/t18-/m1/s1. The first kappa shape index (κ1) is 17.7. The summed E-state index contributed by atoms with van der Waals surface area (Å²) in [5, 5.41) is 7.79. The van der Waals surface area contributed by atoms with Crippen molar-refractivity contribution in [3.05, 3.63) is 35.2 Å². The topological polar surface area (TPSA) is 59.1 Å². The molecule has 2 aliphatic rings. The van der Waals surface area contributed by atoms with Crippen molar-refractivity contribution >= 4 is 0 Å². The van der Waals surface area contributed by atoms with Gasteiger partial charge in [-0.05, 0) is 58.0 Å². The molecule has 2 aromatic heterocycles. The van der Waals surface area contributed by atoms with Crippen LogP contribution in [0.1, 0.15) is 56.0 Å². The van der Waals surface area contributed by atoms with E-state index in [2.05, 4.69) is 45.0 Å². The summed E-state index contributed by atoms with van der Waals surface area (Å²) in [6.45, 7) is 11.5. The highest BCUT2D eigenvalue weighted by atomic mass is 16.5. The van der Waals surface area contributed by atoms with Gasteiger partial charge in [-0.1, -0.05) is 12.1 Å². The number of nitrogens with one attached hydrogen (secondary N) is 1. The van der Waals surface area contributed by atoms with Gasteiger partial charge in [0.2, 0.25) is 0 Å². The average molecular weight is 358 g/mol. The van der Waals surface area contributed by atoms with E-state index in [9.17, 15) is 0 Å². The van der Waals surface area contributed by atoms with Crippen molar-refractivity contribution in [2.75, 3.05) is 13.1 Å². The van der Waals surface area contributed by atoms with Crippen molar-refractivity contribution in [3.8, 4) is 0 Å². The van der Waals surface area contributed by atoms with Gasteiger partial charge in [0.25, 0.3) is 0 Å². The highest BCUT2D eigenvalue weighted by Gasteiger charge is 2.56. The van der Waals surface area contributed by atoms with Gasteiger partial charge in [-0.2, -0.15) is 0 Å². The molecule has 0 amide bonds. The molecule has 3 heterocycles. The lowest BCUT2D eigenvalue weighted by atomic mass is 9.93. The second-order valence-electron chi connectivity index (χ2n) is 7.88. The number of rotatable bonds is 7. The van der Waals surface area contributed by atoms with Crippen molar-refractivity contribution in [1.82, 2.24) is 24.9 Å². The molecule has 2 fully saturated rings. The zero-order valence-electron chi connectivity index (χ0n) is 16.3. The fourth-order valence-electron chi connectivity index (χ4n) is 4.66. The quantitative estimate of drug-likeness (QED) is 0.826. The van der Waals surface area contributed by atoms with E-state index in [0.717, 1.165) is 56.4 Å². The Labute approximate surface area is 155 Å². The maximum atomic E-state index is 5.50. The zero-order chi connectivity index (χ0) is 18.1. The highest BCUT2D eigenvalue weighted by Crippen LogP contribution is 2.56. The Kier molecular flexibility index (Phi) is 4.88. The summed E-state index contributed by atoms with van der Waals surface area (Å²) in [5.41, 5.74) is 2.89. The molecule has 1 saturated heterocycles. The summed E-state index contributed by atoms with van der Waals surface area (Å²) in [6.07, 6.45) is 8.82. The predicted octanol–water partition coefficient (Wildman–Crippen LogP) is 2.91. The van der Waals surface area contributed by atoms with Crippen molar-refractivity contribution in [2.45, 2.75) is 72.1 Å². The first-order valence-corrected chi connectivity index (χ1v) is 10.1. The minimum atomic E-state index is 0.506. The summed E-state index contributed by atoms with van der Waals surface area (Å²) >= 11 is 0. The number of aryl methyl sites for hydroxylation is 3. The molecule has 142 valence electrons. The summed E-state index contributed by atoms with van der Waals surface area (Å²) in [5.74, 6) is 2.13. The van der Waals surface area contributed by atoms with E-state index < -0.39 is 0 Å². The minimum absolute atomic E-state index is 0.506. The first-order chi connectivity index (χ1) is 12.7. The third kappa shape index (κ3) is 3.21. The molecule has 4 rings (SSSR count). The molecule has 26 heavy (non-hydrogen) atoms.